The third-order valence-electron chi connectivity index (χ3n) is 3.45. The molecule has 0 unspecified atom stereocenters. The van der Waals surface area contributed by atoms with Crippen LogP contribution in [-0.2, 0) is 14.8 Å². The molecule has 1 aromatic heterocycles. The lowest BCUT2D eigenvalue weighted by Gasteiger charge is -2.25. The van der Waals surface area contributed by atoms with Crippen molar-refractivity contribution in [3.8, 4) is 0 Å². The van der Waals surface area contributed by atoms with Crippen LogP contribution in [0.15, 0.2) is 5.03 Å². The molecule has 0 spiro atoms. The number of nitrogens with one attached hydrogen (secondary N) is 1. The van der Waals surface area contributed by atoms with Crippen molar-refractivity contribution in [2.24, 2.45) is 5.92 Å². The molecule has 0 fully saturated rings. The van der Waals surface area contributed by atoms with Crippen molar-refractivity contribution >= 4 is 16.0 Å². The number of esters is 1. The zero-order chi connectivity index (χ0) is 17.1. The van der Waals surface area contributed by atoms with E-state index in [2.05, 4.69) is 10.2 Å². The fraction of sp³-hybridized carbons (Fsp3) is 0.714. The van der Waals surface area contributed by atoms with Gasteiger partial charge >= 0.3 is 5.97 Å². The number of ether oxygens (including phenoxy) is 1. The van der Waals surface area contributed by atoms with Gasteiger partial charge in [-0.25, -0.2) is 13.2 Å². The summed E-state index contributed by atoms with van der Waals surface area (Å²) in [4.78, 5) is 12.0. The molecular weight excluding hydrogens is 306 g/mol. The van der Waals surface area contributed by atoms with Gasteiger partial charge in [-0.05, 0) is 33.1 Å². The Labute approximate surface area is 132 Å². The molecule has 0 aliphatic heterocycles. The normalized spacial score (nSPS) is 13.6. The molecule has 0 radical (unpaired) electrons. The predicted molar refractivity (Wildman–Crippen MR) is 83.1 cm³/mol. The maximum absolute atomic E-state index is 12.7. The fourth-order valence-electron chi connectivity index (χ4n) is 2.24. The second kappa shape index (κ2) is 7.23. The SMILES string of the molecule is CCOC(=O)c1c(S(=O)(=O)N(C)[C@H](C)CC(C)C)n[nH]c1C. The number of aromatic amines is 1. The van der Waals surface area contributed by atoms with Crippen LogP contribution < -0.4 is 0 Å². The summed E-state index contributed by atoms with van der Waals surface area (Å²) in [5, 5.41) is 6.10. The molecule has 1 aromatic rings. The molecule has 0 saturated heterocycles. The lowest BCUT2D eigenvalue weighted by Crippen LogP contribution is -2.36. The Morgan fingerprint density at radius 3 is 2.45 bits per heavy atom. The summed E-state index contributed by atoms with van der Waals surface area (Å²) < 4.78 is 31.6. The highest BCUT2D eigenvalue weighted by Crippen LogP contribution is 2.23. The maximum Gasteiger partial charge on any atom is 0.343 e. The second-order valence-corrected chi connectivity index (χ2v) is 7.66. The van der Waals surface area contributed by atoms with Gasteiger partial charge in [0.1, 0.15) is 5.56 Å². The first-order chi connectivity index (χ1) is 10.1. The summed E-state index contributed by atoms with van der Waals surface area (Å²) in [7, 11) is -2.37. The zero-order valence-electron chi connectivity index (χ0n) is 14.0. The van der Waals surface area contributed by atoms with Gasteiger partial charge in [0.15, 0.2) is 0 Å². The topological polar surface area (TPSA) is 92.4 Å². The van der Waals surface area contributed by atoms with Gasteiger partial charge in [-0.3, -0.25) is 5.10 Å². The van der Waals surface area contributed by atoms with Gasteiger partial charge in [-0.1, -0.05) is 13.8 Å². The van der Waals surface area contributed by atoms with Gasteiger partial charge in [-0.2, -0.15) is 9.40 Å². The summed E-state index contributed by atoms with van der Waals surface area (Å²) in [5.41, 5.74) is 0.354. The lowest BCUT2D eigenvalue weighted by atomic mass is 10.1. The highest BCUT2D eigenvalue weighted by atomic mass is 32.2. The quantitative estimate of drug-likeness (QED) is 0.771. The molecule has 1 N–H and O–H groups in total. The van der Waals surface area contributed by atoms with Gasteiger partial charge in [0, 0.05) is 18.8 Å². The Morgan fingerprint density at radius 2 is 1.95 bits per heavy atom. The first-order valence-corrected chi connectivity index (χ1v) is 8.77. The molecule has 0 aromatic carbocycles. The van der Waals surface area contributed by atoms with Crippen LogP contribution in [0.2, 0.25) is 0 Å². The Morgan fingerprint density at radius 1 is 1.36 bits per heavy atom. The molecule has 22 heavy (non-hydrogen) atoms. The average Bonchev–Trinajstić information content (AvgIpc) is 2.79. The number of carbonyl (C=O) groups excluding carboxylic acids is 1. The molecule has 8 heteroatoms. The van der Waals surface area contributed by atoms with Crippen molar-refractivity contribution in [2.75, 3.05) is 13.7 Å². The summed E-state index contributed by atoms with van der Waals surface area (Å²) in [6.45, 7) is 9.32. The Balaban J connectivity index is 3.21. The van der Waals surface area contributed by atoms with Gasteiger partial charge in [0.25, 0.3) is 10.0 Å². The first-order valence-electron chi connectivity index (χ1n) is 7.33. The van der Waals surface area contributed by atoms with Crippen LogP contribution in [0, 0.1) is 12.8 Å². The lowest BCUT2D eigenvalue weighted by molar-refractivity contribution is 0.0520. The predicted octanol–water partition coefficient (Wildman–Crippen LogP) is 1.95. The fourth-order valence-corrected chi connectivity index (χ4v) is 3.73. The van der Waals surface area contributed by atoms with Crippen LogP contribution >= 0.6 is 0 Å². The van der Waals surface area contributed by atoms with Crippen molar-refractivity contribution in [1.29, 1.82) is 0 Å². The van der Waals surface area contributed by atoms with Crippen LogP contribution in [0.4, 0.5) is 0 Å². The van der Waals surface area contributed by atoms with E-state index in [0.29, 0.717) is 18.0 Å². The minimum absolute atomic E-state index is 0.0227. The molecule has 0 amide bonds. The highest BCUT2D eigenvalue weighted by Gasteiger charge is 2.34. The van der Waals surface area contributed by atoms with E-state index in [-0.39, 0.29) is 23.2 Å². The Hall–Kier alpha value is -1.41. The van der Waals surface area contributed by atoms with Crippen molar-refractivity contribution in [1.82, 2.24) is 14.5 Å². The number of aromatic nitrogens is 2. The third kappa shape index (κ3) is 3.86. The van der Waals surface area contributed by atoms with E-state index in [1.54, 1.807) is 13.8 Å². The zero-order valence-corrected chi connectivity index (χ0v) is 14.8. The van der Waals surface area contributed by atoms with E-state index in [4.69, 9.17) is 4.74 Å². The van der Waals surface area contributed by atoms with Crippen LogP contribution in [0.5, 0.6) is 0 Å². The van der Waals surface area contributed by atoms with Crippen LogP contribution in [0.1, 0.15) is 50.2 Å². The Kier molecular flexibility index (Phi) is 6.13. The van der Waals surface area contributed by atoms with E-state index in [1.807, 2.05) is 20.8 Å². The molecule has 126 valence electrons. The molecule has 0 saturated carbocycles. The van der Waals surface area contributed by atoms with E-state index in [9.17, 15) is 13.2 Å². The average molecular weight is 331 g/mol. The molecule has 1 atom stereocenters. The summed E-state index contributed by atoms with van der Waals surface area (Å²) in [6.07, 6.45) is 0.716. The van der Waals surface area contributed by atoms with Crippen molar-refractivity contribution in [2.45, 2.75) is 52.1 Å². The van der Waals surface area contributed by atoms with Crippen molar-refractivity contribution in [3.63, 3.8) is 0 Å². The molecular formula is C14H25N3O4S. The van der Waals surface area contributed by atoms with Crippen LogP contribution in [0.25, 0.3) is 0 Å². The van der Waals surface area contributed by atoms with E-state index in [1.165, 1.54) is 11.4 Å². The summed E-state index contributed by atoms with van der Waals surface area (Å²) in [5.74, 6) is -0.324. The van der Waals surface area contributed by atoms with E-state index < -0.39 is 16.0 Å². The van der Waals surface area contributed by atoms with E-state index >= 15 is 0 Å². The van der Waals surface area contributed by atoms with Gasteiger partial charge in [0.2, 0.25) is 5.03 Å². The smallest absolute Gasteiger partial charge is 0.343 e. The summed E-state index contributed by atoms with van der Waals surface area (Å²) in [6, 6.07) is -0.197. The maximum atomic E-state index is 12.7. The number of nitrogens with zero attached hydrogens (tertiary/aromatic N) is 2. The minimum atomic E-state index is -3.87. The molecule has 0 bridgehead atoms. The molecule has 0 aliphatic carbocycles. The molecule has 7 nitrogen and oxygen atoms in total. The number of carbonyl (C=O) groups is 1. The van der Waals surface area contributed by atoms with Gasteiger partial charge in [0.05, 0.1) is 6.61 Å². The summed E-state index contributed by atoms with van der Waals surface area (Å²) >= 11 is 0. The molecule has 0 aliphatic rings. The standard InChI is InChI=1S/C14H25N3O4S/c1-7-21-14(18)12-11(5)15-16-13(12)22(19,20)17(6)10(4)8-9(2)3/h9-10H,7-8H2,1-6H3,(H,15,16)/t10-/m1/s1. The molecule has 1 rings (SSSR count). The minimum Gasteiger partial charge on any atom is -0.462 e. The third-order valence-corrected chi connectivity index (χ3v) is 5.35. The first kappa shape index (κ1) is 18.6. The van der Waals surface area contributed by atoms with Gasteiger partial charge < -0.3 is 4.74 Å². The Bertz CT molecular complexity index is 622. The van der Waals surface area contributed by atoms with Crippen LogP contribution in [0.3, 0.4) is 0 Å². The second-order valence-electron chi connectivity index (χ2n) is 5.75. The number of H-pyrrole nitrogens is 1. The monoisotopic (exact) mass is 331 g/mol. The number of sulfonamides is 1. The number of aryl methyl sites for hydroxylation is 1. The van der Waals surface area contributed by atoms with E-state index in [0.717, 1.165) is 0 Å². The van der Waals surface area contributed by atoms with Gasteiger partial charge in [-0.15, -0.1) is 0 Å². The number of rotatable bonds is 7. The largest absolute Gasteiger partial charge is 0.462 e. The molecule has 1 heterocycles. The van der Waals surface area contributed by atoms with Crippen molar-refractivity contribution in [3.05, 3.63) is 11.3 Å². The van der Waals surface area contributed by atoms with Crippen molar-refractivity contribution < 1.29 is 17.9 Å². The number of hydrogen-bond acceptors (Lipinski definition) is 5. The van der Waals surface area contributed by atoms with Crippen LogP contribution in [-0.4, -0.2) is 48.6 Å². The highest BCUT2D eigenvalue weighted by molar-refractivity contribution is 7.89. The number of hydrogen-bond donors (Lipinski definition) is 1.